The third kappa shape index (κ3) is 3.00. The van der Waals surface area contributed by atoms with Gasteiger partial charge in [-0.05, 0) is 40.6 Å². The highest BCUT2D eigenvalue weighted by Crippen LogP contribution is 2.25. The second-order valence-electron chi connectivity index (χ2n) is 4.64. The van der Waals surface area contributed by atoms with E-state index in [0.717, 1.165) is 16.7 Å². The molecule has 100 valence electrons. The number of anilines is 1. The lowest BCUT2D eigenvalue weighted by atomic mass is 10.1. The fraction of sp³-hybridized carbons (Fsp3) is 0.0588. The highest BCUT2D eigenvalue weighted by atomic mass is 79.9. The van der Waals surface area contributed by atoms with Crippen LogP contribution in [-0.2, 0) is 6.54 Å². The van der Waals surface area contributed by atoms with E-state index >= 15 is 0 Å². The SMILES string of the molecule is Brc1cc(CNNc2ccccc2)cc2ccccc12. The van der Waals surface area contributed by atoms with Crippen molar-refractivity contribution in [3.05, 3.63) is 76.8 Å². The molecule has 0 aliphatic carbocycles. The molecule has 0 aromatic heterocycles. The predicted octanol–water partition coefficient (Wildman–Crippen LogP) is 4.72. The average Bonchev–Trinajstić information content (AvgIpc) is 2.48. The Labute approximate surface area is 126 Å². The summed E-state index contributed by atoms with van der Waals surface area (Å²) in [7, 11) is 0. The second kappa shape index (κ2) is 6.07. The summed E-state index contributed by atoms with van der Waals surface area (Å²) in [5, 5.41) is 2.49. The number of hydrogen-bond acceptors (Lipinski definition) is 2. The third-order valence-electron chi connectivity index (χ3n) is 3.17. The van der Waals surface area contributed by atoms with Gasteiger partial charge in [-0.1, -0.05) is 58.4 Å². The van der Waals surface area contributed by atoms with E-state index in [1.807, 2.05) is 30.3 Å². The molecular formula is C17H15BrN2. The van der Waals surface area contributed by atoms with Gasteiger partial charge in [-0.15, -0.1) is 0 Å². The van der Waals surface area contributed by atoms with Crippen LogP contribution in [0.3, 0.4) is 0 Å². The fourth-order valence-electron chi connectivity index (χ4n) is 2.19. The monoisotopic (exact) mass is 326 g/mol. The summed E-state index contributed by atoms with van der Waals surface area (Å²) in [5.74, 6) is 0. The molecule has 3 heteroatoms. The van der Waals surface area contributed by atoms with Gasteiger partial charge in [0, 0.05) is 16.7 Å². The van der Waals surface area contributed by atoms with Crippen LogP contribution in [0.4, 0.5) is 5.69 Å². The number of hydrazine groups is 1. The van der Waals surface area contributed by atoms with Gasteiger partial charge in [-0.2, -0.15) is 0 Å². The van der Waals surface area contributed by atoms with Crippen molar-refractivity contribution < 1.29 is 0 Å². The minimum atomic E-state index is 0.762. The van der Waals surface area contributed by atoms with E-state index < -0.39 is 0 Å². The molecule has 3 aromatic rings. The van der Waals surface area contributed by atoms with Gasteiger partial charge in [0.25, 0.3) is 0 Å². The van der Waals surface area contributed by atoms with Gasteiger partial charge in [0.05, 0.1) is 0 Å². The zero-order valence-electron chi connectivity index (χ0n) is 10.9. The molecule has 0 aliphatic rings. The Bertz CT molecular complexity index is 711. The number of halogens is 1. The molecule has 0 amide bonds. The van der Waals surface area contributed by atoms with Gasteiger partial charge in [-0.3, -0.25) is 0 Å². The minimum absolute atomic E-state index is 0.762. The van der Waals surface area contributed by atoms with E-state index in [4.69, 9.17) is 0 Å². The molecule has 2 N–H and O–H groups in total. The molecule has 20 heavy (non-hydrogen) atoms. The molecule has 0 saturated heterocycles. The Morgan fingerprint density at radius 3 is 2.45 bits per heavy atom. The van der Waals surface area contributed by atoms with Gasteiger partial charge in [-0.25, -0.2) is 5.43 Å². The van der Waals surface area contributed by atoms with Crippen LogP contribution in [0.2, 0.25) is 0 Å². The summed E-state index contributed by atoms with van der Waals surface area (Å²) in [6.07, 6.45) is 0. The number of fused-ring (bicyclic) bond motifs is 1. The summed E-state index contributed by atoms with van der Waals surface area (Å²) in [6.45, 7) is 0.762. The van der Waals surface area contributed by atoms with E-state index in [0.29, 0.717) is 0 Å². The quantitative estimate of drug-likeness (QED) is 0.678. The first kappa shape index (κ1) is 13.2. The van der Waals surface area contributed by atoms with Gasteiger partial charge < -0.3 is 5.43 Å². The summed E-state index contributed by atoms with van der Waals surface area (Å²) < 4.78 is 1.13. The van der Waals surface area contributed by atoms with Crippen LogP contribution in [-0.4, -0.2) is 0 Å². The first-order valence-electron chi connectivity index (χ1n) is 6.54. The van der Waals surface area contributed by atoms with E-state index in [1.54, 1.807) is 0 Å². The van der Waals surface area contributed by atoms with Crippen LogP contribution in [0, 0.1) is 0 Å². The number of nitrogens with one attached hydrogen (secondary N) is 2. The lowest BCUT2D eigenvalue weighted by molar-refractivity contribution is 0.802. The van der Waals surface area contributed by atoms with Crippen molar-refractivity contribution in [2.24, 2.45) is 0 Å². The van der Waals surface area contributed by atoms with Crippen LogP contribution in [0.5, 0.6) is 0 Å². The molecule has 2 nitrogen and oxygen atoms in total. The molecule has 0 heterocycles. The summed E-state index contributed by atoms with van der Waals surface area (Å²) in [4.78, 5) is 0. The lowest BCUT2D eigenvalue weighted by Gasteiger charge is -2.10. The predicted molar refractivity (Wildman–Crippen MR) is 88.6 cm³/mol. The fourth-order valence-corrected chi connectivity index (χ4v) is 2.85. The summed E-state index contributed by atoms with van der Waals surface area (Å²) >= 11 is 3.64. The van der Waals surface area contributed by atoms with Gasteiger partial charge >= 0.3 is 0 Å². The van der Waals surface area contributed by atoms with Gasteiger partial charge in [0.15, 0.2) is 0 Å². The maximum absolute atomic E-state index is 3.64. The van der Waals surface area contributed by atoms with Crippen LogP contribution in [0.1, 0.15) is 5.56 Å². The van der Waals surface area contributed by atoms with E-state index in [-0.39, 0.29) is 0 Å². The molecule has 0 fully saturated rings. The average molecular weight is 327 g/mol. The molecule has 0 unspecified atom stereocenters. The first-order valence-corrected chi connectivity index (χ1v) is 7.33. The van der Waals surface area contributed by atoms with Crippen molar-refractivity contribution in [3.8, 4) is 0 Å². The third-order valence-corrected chi connectivity index (χ3v) is 3.83. The lowest BCUT2D eigenvalue weighted by Crippen LogP contribution is -2.20. The maximum atomic E-state index is 3.64. The van der Waals surface area contributed by atoms with Crippen LogP contribution >= 0.6 is 15.9 Å². The standard InChI is InChI=1S/C17H15BrN2/c18-17-11-13(10-14-6-4-5-9-16(14)17)12-19-20-15-7-2-1-3-8-15/h1-11,19-20H,12H2. The van der Waals surface area contributed by atoms with Gasteiger partial charge in [0.2, 0.25) is 0 Å². The van der Waals surface area contributed by atoms with Crippen molar-refractivity contribution in [1.29, 1.82) is 0 Å². The molecule has 0 saturated carbocycles. The van der Waals surface area contributed by atoms with E-state index in [1.165, 1.54) is 16.3 Å². The minimum Gasteiger partial charge on any atom is -0.321 e. The first-order chi connectivity index (χ1) is 9.83. The largest absolute Gasteiger partial charge is 0.321 e. The second-order valence-corrected chi connectivity index (χ2v) is 5.50. The zero-order chi connectivity index (χ0) is 13.8. The van der Waals surface area contributed by atoms with Crippen molar-refractivity contribution in [3.63, 3.8) is 0 Å². The van der Waals surface area contributed by atoms with Crippen molar-refractivity contribution in [2.45, 2.75) is 6.54 Å². The molecule has 0 atom stereocenters. The van der Waals surface area contributed by atoms with Gasteiger partial charge in [0.1, 0.15) is 0 Å². The Balaban J connectivity index is 1.72. The maximum Gasteiger partial charge on any atom is 0.0487 e. The highest BCUT2D eigenvalue weighted by molar-refractivity contribution is 9.10. The molecule has 0 spiro atoms. The van der Waals surface area contributed by atoms with Crippen molar-refractivity contribution >= 4 is 32.4 Å². The highest BCUT2D eigenvalue weighted by Gasteiger charge is 2.01. The summed E-state index contributed by atoms with van der Waals surface area (Å²) in [5.41, 5.74) is 8.73. The molecule has 0 bridgehead atoms. The number of rotatable bonds is 4. The summed E-state index contributed by atoms with van der Waals surface area (Å²) in [6, 6.07) is 22.8. The van der Waals surface area contributed by atoms with Crippen LogP contribution in [0.15, 0.2) is 71.2 Å². The van der Waals surface area contributed by atoms with Crippen molar-refractivity contribution in [1.82, 2.24) is 5.43 Å². The number of hydrogen-bond donors (Lipinski definition) is 2. The Hall–Kier alpha value is -1.84. The van der Waals surface area contributed by atoms with E-state index in [9.17, 15) is 0 Å². The van der Waals surface area contributed by atoms with Crippen molar-refractivity contribution in [2.75, 3.05) is 5.43 Å². The Kier molecular flexibility index (Phi) is 4.00. The molecule has 0 radical (unpaired) electrons. The normalized spacial score (nSPS) is 10.7. The topological polar surface area (TPSA) is 24.1 Å². The zero-order valence-corrected chi connectivity index (χ0v) is 12.5. The van der Waals surface area contributed by atoms with Crippen LogP contribution in [0.25, 0.3) is 10.8 Å². The van der Waals surface area contributed by atoms with E-state index in [2.05, 4.69) is 63.2 Å². The molecular weight excluding hydrogens is 312 g/mol. The molecule has 3 rings (SSSR count). The Morgan fingerprint density at radius 2 is 1.60 bits per heavy atom. The smallest absolute Gasteiger partial charge is 0.0487 e. The Morgan fingerprint density at radius 1 is 0.850 bits per heavy atom. The number of para-hydroxylation sites is 1. The van der Waals surface area contributed by atoms with Crippen LogP contribution < -0.4 is 10.9 Å². The number of benzene rings is 3. The molecule has 0 aliphatic heterocycles. The molecule has 3 aromatic carbocycles.